The molecule has 0 spiro atoms. The van der Waals surface area contributed by atoms with E-state index in [0.717, 1.165) is 11.2 Å². The summed E-state index contributed by atoms with van der Waals surface area (Å²) in [5.41, 5.74) is 2.55. The van der Waals surface area contributed by atoms with Gasteiger partial charge in [0.1, 0.15) is 0 Å². The third-order valence-electron chi connectivity index (χ3n) is 3.97. The summed E-state index contributed by atoms with van der Waals surface area (Å²) < 4.78 is 5.26. The predicted octanol–water partition coefficient (Wildman–Crippen LogP) is 2.81. The van der Waals surface area contributed by atoms with Gasteiger partial charge in [-0.3, -0.25) is 9.89 Å². The van der Waals surface area contributed by atoms with Crippen LogP contribution in [0.25, 0.3) is 10.9 Å². The van der Waals surface area contributed by atoms with Gasteiger partial charge in [0.25, 0.3) is 5.91 Å². The van der Waals surface area contributed by atoms with Crippen LogP contribution in [0.4, 0.5) is 11.4 Å². The number of esters is 1. The quantitative estimate of drug-likeness (QED) is 0.690. The summed E-state index contributed by atoms with van der Waals surface area (Å²) in [6.07, 6.45) is -0.952. The lowest BCUT2D eigenvalue weighted by Gasteiger charge is -2.15. The van der Waals surface area contributed by atoms with Crippen molar-refractivity contribution in [3.05, 3.63) is 54.2 Å². The first kappa shape index (κ1) is 17.5. The van der Waals surface area contributed by atoms with Crippen molar-refractivity contribution in [3.63, 3.8) is 0 Å². The van der Waals surface area contributed by atoms with E-state index in [1.54, 1.807) is 18.2 Å². The molecule has 134 valence electrons. The number of hydrogen-bond acceptors (Lipinski definition) is 5. The van der Waals surface area contributed by atoms with E-state index in [9.17, 15) is 9.59 Å². The number of aromatic nitrogens is 2. The molecule has 0 saturated heterocycles. The Labute approximate surface area is 151 Å². The van der Waals surface area contributed by atoms with Gasteiger partial charge in [-0.2, -0.15) is 5.10 Å². The number of carbonyl (C=O) groups excluding carboxylic acids is 2. The van der Waals surface area contributed by atoms with E-state index < -0.39 is 18.0 Å². The van der Waals surface area contributed by atoms with Crippen molar-refractivity contribution in [3.8, 4) is 0 Å². The number of anilines is 2. The minimum absolute atomic E-state index is 0.163. The van der Waals surface area contributed by atoms with Crippen molar-refractivity contribution in [2.24, 2.45) is 0 Å². The largest absolute Gasteiger partial charge is 0.448 e. The SMILES string of the molecule is CC(OC(=O)c1n[nH]c2ccccc12)C(=O)Nc1ccc(N(C)C)cc1. The van der Waals surface area contributed by atoms with Gasteiger partial charge >= 0.3 is 5.97 Å². The molecule has 26 heavy (non-hydrogen) atoms. The molecule has 1 unspecified atom stereocenters. The number of hydrogen-bond donors (Lipinski definition) is 2. The number of fused-ring (bicyclic) bond motifs is 1. The molecular formula is C19H20N4O3. The molecule has 1 atom stereocenters. The second kappa shape index (κ2) is 7.26. The summed E-state index contributed by atoms with van der Waals surface area (Å²) in [5.74, 6) is -1.05. The van der Waals surface area contributed by atoms with Crippen LogP contribution in [0.1, 0.15) is 17.4 Å². The summed E-state index contributed by atoms with van der Waals surface area (Å²) in [6.45, 7) is 1.52. The molecule has 0 saturated carbocycles. The fraction of sp³-hybridized carbons (Fsp3) is 0.211. The zero-order valence-corrected chi connectivity index (χ0v) is 14.8. The zero-order valence-electron chi connectivity index (χ0n) is 14.8. The maximum absolute atomic E-state index is 12.3. The third kappa shape index (κ3) is 3.66. The van der Waals surface area contributed by atoms with Crippen LogP contribution in [-0.2, 0) is 9.53 Å². The van der Waals surface area contributed by atoms with Crippen LogP contribution in [0.2, 0.25) is 0 Å². The van der Waals surface area contributed by atoms with E-state index in [1.807, 2.05) is 49.3 Å². The van der Waals surface area contributed by atoms with Crippen LogP contribution in [0.3, 0.4) is 0 Å². The maximum atomic E-state index is 12.3. The fourth-order valence-corrected chi connectivity index (χ4v) is 2.48. The van der Waals surface area contributed by atoms with Crippen LogP contribution in [0.5, 0.6) is 0 Å². The maximum Gasteiger partial charge on any atom is 0.360 e. The molecule has 1 heterocycles. The van der Waals surface area contributed by atoms with E-state index in [1.165, 1.54) is 6.92 Å². The number of nitrogens with zero attached hydrogens (tertiary/aromatic N) is 2. The average molecular weight is 352 g/mol. The first-order chi connectivity index (χ1) is 12.5. The molecule has 0 aliphatic rings. The Bertz CT molecular complexity index is 931. The number of benzene rings is 2. The van der Waals surface area contributed by atoms with E-state index in [2.05, 4.69) is 15.5 Å². The van der Waals surface area contributed by atoms with Crippen LogP contribution in [-0.4, -0.2) is 42.3 Å². The zero-order chi connectivity index (χ0) is 18.7. The highest BCUT2D eigenvalue weighted by Gasteiger charge is 2.22. The highest BCUT2D eigenvalue weighted by molar-refractivity contribution is 6.03. The first-order valence-corrected chi connectivity index (χ1v) is 8.18. The van der Waals surface area contributed by atoms with Crippen LogP contribution < -0.4 is 10.2 Å². The highest BCUT2D eigenvalue weighted by atomic mass is 16.5. The summed E-state index contributed by atoms with van der Waals surface area (Å²) in [5, 5.41) is 10.1. The molecule has 0 aliphatic carbocycles. The second-order valence-corrected chi connectivity index (χ2v) is 6.10. The topological polar surface area (TPSA) is 87.3 Å². The van der Waals surface area contributed by atoms with Crippen molar-refractivity contribution >= 4 is 34.2 Å². The standard InChI is InChI=1S/C19H20N4O3/c1-12(18(24)20-13-8-10-14(11-9-13)23(2)3)26-19(25)17-15-6-4-5-7-16(15)21-22-17/h4-12H,1-3H3,(H,20,24)(H,21,22). The minimum Gasteiger partial charge on any atom is -0.448 e. The van der Waals surface area contributed by atoms with Gasteiger partial charge in [0.05, 0.1) is 5.52 Å². The summed E-state index contributed by atoms with van der Waals surface area (Å²) in [6, 6.07) is 14.6. The highest BCUT2D eigenvalue weighted by Crippen LogP contribution is 2.18. The summed E-state index contributed by atoms with van der Waals surface area (Å²) in [7, 11) is 3.88. The van der Waals surface area contributed by atoms with Gasteiger partial charge in [0.15, 0.2) is 11.8 Å². The molecule has 0 aliphatic heterocycles. The van der Waals surface area contributed by atoms with E-state index in [4.69, 9.17) is 4.74 Å². The Balaban J connectivity index is 1.64. The van der Waals surface area contributed by atoms with Crippen molar-refractivity contribution in [1.29, 1.82) is 0 Å². The fourth-order valence-electron chi connectivity index (χ4n) is 2.48. The third-order valence-corrected chi connectivity index (χ3v) is 3.97. The van der Waals surface area contributed by atoms with Gasteiger partial charge in [-0.1, -0.05) is 18.2 Å². The number of nitrogens with one attached hydrogen (secondary N) is 2. The smallest absolute Gasteiger partial charge is 0.360 e. The number of amides is 1. The van der Waals surface area contributed by atoms with Crippen molar-refractivity contribution in [2.75, 3.05) is 24.3 Å². The van der Waals surface area contributed by atoms with Crippen LogP contribution >= 0.6 is 0 Å². The van der Waals surface area contributed by atoms with E-state index in [0.29, 0.717) is 11.1 Å². The van der Waals surface area contributed by atoms with E-state index in [-0.39, 0.29) is 5.69 Å². The van der Waals surface area contributed by atoms with Crippen molar-refractivity contribution < 1.29 is 14.3 Å². The molecule has 3 aromatic rings. The number of aromatic amines is 1. The molecular weight excluding hydrogens is 332 g/mol. The molecule has 3 rings (SSSR count). The Morgan fingerprint density at radius 2 is 1.81 bits per heavy atom. The molecule has 1 amide bonds. The molecule has 0 bridgehead atoms. The Morgan fingerprint density at radius 1 is 1.12 bits per heavy atom. The van der Waals surface area contributed by atoms with Gasteiger partial charge in [0, 0.05) is 30.9 Å². The summed E-state index contributed by atoms with van der Waals surface area (Å²) in [4.78, 5) is 26.6. The molecule has 0 radical (unpaired) electrons. The van der Waals surface area contributed by atoms with Crippen molar-refractivity contribution in [1.82, 2.24) is 10.2 Å². The number of H-pyrrole nitrogens is 1. The first-order valence-electron chi connectivity index (χ1n) is 8.18. The molecule has 2 aromatic carbocycles. The van der Waals surface area contributed by atoms with Crippen molar-refractivity contribution in [2.45, 2.75) is 13.0 Å². The Hall–Kier alpha value is -3.35. The Morgan fingerprint density at radius 3 is 2.50 bits per heavy atom. The molecule has 0 fully saturated rings. The monoisotopic (exact) mass is 352 g/mol. The molecule has 7 heteroatoms. The predicted molar refractivity (Wildman–Crippen MR) is 100 cm³/mol. The molecule has 1 aromatic heterocycles. The minimum atomic E-state index is -0.952. The van der Waals surface area contributed by atoms with Gasteiger partial charge in [-0.05, 0) is 37.3 Å². The lowest BCUT2D eigenvalue weighted by molar-refractivity contribution is -0.123. The van der Waals surface area contributed by atoms with Gasteiger partial charge in [-0.15, -0.1) is 0 Å². The number of rotatable bonds is 5. The average Bonchev–Trinajstić information content (AvgIpc) is 3.06. The number of carbonyl (C=O) groups is 2. The van der Waals surface area contributed by atoms with Crippen LogP contribution in [0, 0.1) is 0 Å². The summed E-state index contributed by atoms with van der Waals surface area (Å²) >= 11 is 0. The van der Waals surface area contributed by atoms with Crippen LogP contribution in [0.15, 0.2) is 48.5 Å². The number of para-hydroxylation sites is 1. The van der Waals surface area contributed by atoms with E-state index >= 15 is 0 Å². The molecule has 2 N–H and O–H groups in total. The molecule has 7 nitrogen and oxygen atoms in total. The normalized spacial score (nSPS) is 11.8. The van der Waals surface area contributed by atoms with Gasteiger partial charge in [0.2, 0.25) is 0 Å². The Kier molecular flexibility index (Phi) is 4.88. The van der Waals surface area contributed by atoms with Gasteiger partial charge in [-0.25, -0.2) is 4.79 Å². The van der Waals surface area contributed by atoms with Gasteiger partial charge < -0.3 is 15.0 Å². The number of ether oxygens (including phenoxy) is 1. The lowest BCUT2D eigenvalue weighted by Crippen LogP contribution is -2.30. The second-order valence-electron chi connectivity index (χ2n) is 6.10. The lowest BCUT2D eigenvalue weighted by atomic mass is 10.2.